The minimum Gasteiger partial charge on any atom is -0.352 e. The van der Waals surface area contributed by atoms with E-state index < -0.39 is 0 Å². The van der Waals surface area contributed by atoms with E-state index in [0.29, 0.717) is 18.0 Å². The van der Waals surface area contributed by atoms with Crippen molar-refractivity contribution in [3.63, 3.8) is 0 Å². The molecule has 0 bridgehead atoms. The van der Waals surface area contributed by atoms with Crippen LogP contribution >= 0.6 is 11.6 Å². The highest BCUT2D eigenvalue weighted by molar-refractivity contribution is 6.31. The van der Waals surface area contributed by atoms with Crippen molar-refractivity contribution in [2.45, 2.75) is 25.9 Å². The van der Waals surface area contributed by atoms with E-state index in [1.807, 2.05) is 42.5 Å². The number of nitrogens with two attached hydrogens (primary N) is 1. The van der Waals surface area contributed by atoms with Gasteiger partial charge in [-0.05, 0) is 61.2 Å². The number of likely N-dealkylation sites (tertiary alicyclic amines) is 1. The average Bonchev–Trinajstić information content (AvgIpc) is 2.69. The van der Waals surface area contributed by atoms with Gasteiger partial charge in [-0.2, -0.15) is 0 Å². The average molecular weight is 372 g/mol. The second-order valence-corrected chi connectivity index (χ2v) is 7.33. The molecule has 1 aliphatic rings. The number of nitrogens with zero attached hydrogens (tertiary/aromatic N) is 1. The van der Waals surface area contributed by atoms with Crippen molar-refractivity contribution in [3.05, 3.63) is 70.2 Å². The Labute approximate surface area is 160 Å². The minimum atomic E-state index is -0.00734. The number of carbonyl (C=O) groups excluding carboxylic acids is 1. The number of nitrogens with one attached hydrogen (secondary N) is 1. The number of piperidine rings is 1. The normalized spacial score (nSPS) is 15.8. The second-order valence-electron chi connectivity index (χ2n) is 6.92. The summed E-state index contributed by atoms with van der Waals surface area (Å²) in [6, 6.07) is 15.5. The van der Waals surface area contributed by atoms with Crippen molar-refractivity contribution >= 4 is 17.5 Å². The number of hydrogen-bond donors (Lipinski definition) is 2. The van der Waals surface area contributed by atoms with Crippen LogP contribution in [0.5, 0.6) is 0 Å². The van der Waals surface area contributed by atoms with Gasteiger partial charge in [-0.3, -0.25) is 9.69 Å². The van der Waals surface area contributed by atoms with Crippen LogP contribution in [0.2, 0.25) is 5.02 Å². The van der Waals surface area contributed by atoms with Crippen LogP contribution in [0.25, 0.3) is 0 Å². The number of hydrogen-bond acceptors (Lipinski definition) is 3. The number of amides is 1. The van der Waals surface area contributed by atoms with Gasteiger partial charge in [0.15, 0.2) is 0 Å². The standard InChI is InChI=1S/C21H26ClN3O/c22-20-4-2-1-3-19(20)15-25-11-9-17(10-12-25)14-24-21(26)18-7-5-16(13-23)6-8-18/h1-8,17H,9-15,23H2,(H,24,26). The molecule has 1 amide bonds. The Morgan fingerprint density at radius 1 is 1.12 bits per heavy atom. The van der Waals surface area contributed by atoms with E-state index >= 15 is 0 Å². The Balaban J connectivity index is 1.42. The lowest BCUT2D eigenvalue weighted by Crippen LogP contribution is -2.38. The third kappa shape index (κ3) is 5.07. The van der Waals surface area contributed by atoms with Crippen LogP contribution < -0.4 is 11.1 Å². The molecule has 138 valence electrons. The van der Waals surface area contributed by atoms with Crippen LogP contribution in [0, 0.1) is 5.92 Å². The second kappa shape index (κ2) is 9.17. The van der Waals surface area contributed by atoms with Crippen molar-refractivity contribution in [1.29, 1.82) is 0 Å². The van der Waals surface area contributed by atoms with Crippen molar-refractivity contribution in [3.8, 4) is 0 Å². The fourth-order valence-electron chi connectivity index (χ4n) is 3.35. The number of rotatable bonds is 6. The van der Waals surface area contributed by atoms with Gasteiger partial charge in [-0.15, -0.1) is 0 Å². The first-order valence-electron chi connectivity index (χ1n) is 9.18. The summed E-state index contributed by atoms with van der Waals surface area (Å²) in [5.41, 5.74) is 8.50. The van der Waals surface area contributed by atoms with Crippen LogP contribution in [0.15, 0.2) is 48.5 Å². The molecule has 2 aromatic carbocycles. The zero-order chi connectivity index (χ0) is 18.4. The Hall–Kier alpha value is -1.88. The molecule has 1 fully saturated rings. The highest BCUT2D eigenvalue weighted by Gasteiger charge is 2.20. The molecule has 2 aromatic rings. The third-order valence-corrected chi connectivity index (χ3v) is 5.43. The molecule has 0 saturated carbocycles. The monoisotopic (exact) mass is 371 g/mol. The largest absolute Gasteiger partial charge is 0.352 e. The molecule has 1 saturated heterocycles. The lowest BCUT2D eigenvalue weighted by Gasteiger charge is -2.32. The Morgan fingerprint density at radius 2 is 1.81 bits per heavy atom. The van der Waals surface area contributed by atoms with Crippen molar-refractivity contribution < 1.29 is 4.79 Å². The molecule has 26 heavy (non-hydrogen) atoms. The molecular formula is C21H26ClN3O. The van der Waals surface area contributed by atoms with E-state index in [4.69, 9.17) is 17.3 Å². The number of carbonyl (C=O) groups is 1. The lowest BCUT2D eigenvalue weighted by molar-refractivity contribution is 0.0935. The van der Waals surface area contributed by atoms with Crippen molar-refractivity contribution in [2.75, 3.05) is 19.6 Å². The topological polar surface area (TPSA) is 58.4 Å². The summed E-state index contributed by atoms with van der Waals surface area (Å²) < 4.78 is 0. The highest BCUT2D eigenvalue weighted by atomic mass is 35.5. The van der Waals surface area contributed by atoms with Gasteiger partial charge in [0.2, 0.25) is 0 Å². The van der Waals surface area contributed by atoms with Crippen LogP contribution in [-0.2, 0) is 13.1 Å². The number of halogens is 1. The first-order chi connectivity index (χ1) is 12.7. The van der Waals surface area contributed by atoms with Crippen LogP contribution in [0.1, 0.15) is 34.3 Å². The number of benzene rings is 2. The highest BCUT2D eigenvalue weighted by Crippen LogP contribution is 2.22. The Bertz CT molecular complexity index is 724. The van der Waals surface area contributed by atoms with E-state index in [0.717, 1.165) is 49.6 Å². The van der Waals surface area contributed by atoms with Gasteiger partial charge in [0, 0.05) is 30.2 Å². The van der Waals surface area contributed by atoms with Crippen molar-refractivity contribution in [2.24, 2.45) is 11.7 Å². The summed E-state index contributed by atoms with van der Waals surface area (Å²) in [6.45, 7) is 4.20. The molecule has 5 heteroatoms. The SMILES string of the molecule is NCc1ccc(C(=O)NCC2CCN(Cc3ccccc3Cl)CC2)cc1. The molecule has 3 rings (SSSR count). The fraction of sp³-hybridized carbons (Fsp3) is 0.381. The maximum atomic E-state index is 12.3. The lowest BCUT2D eigenvalue weighted by atomic mass is 9.96. The van der Waals surface area contributed by atoms with Crippen LogP contribution in [0.4, 0.5) is 0 Å². The maximum absolute atomic E-state index is 12.3. The van der Waals surface area contributed by atoms with Gasteiger partial charge < -0.3 is 11.1 Å². The smallest absolute Gasteiger partial charge is 0.251 e. The van der Waals surface area contributed by atoms with Gasteiger partial charge in [0.25, 0.3) is 5.91 Å². The molecule has 0 aliphatic carbocycles. The first kappa shape index (κ1) is 18.9. The summed E-state index contributed by atoms with van der Waals surface area (Å²) in [5.74, 6) is 0.525. The molecule has 4 nitrogen and oxygen atoms in total. The van der Waals surface area contributed by atoms with E-state index in [2.05, 4.69) is 16.3 Å². The summed E-state index contributed by atoms with van der Waals surface area (Å²) in [4.78, 5) is 14.7. The maximum Gasteiger partial charge on any atom is 0.251 e. The van der Waals surface area contributed by atoms with Gasteiger partial charge in [0.05, 0.1) is 0 Å². The molecule has 0 unspecified atom stereocenters. The zero-order valence-electron chi connectivity index (χ0n) is 15.0. The molecule has 0 atom stereocenters. The molecule has 1 aliphatic heterocycles. The van der Waals surface area contributed by atoms with Gasteiger partial charge in [-0.1, -0.05) is 41.9 Å². The van der Waals surface area contributed by atoms with E-state index in [9.17, 15) is 4.79 Å². The molecule has 3 N–H and O–H groups in total. The van der Waals surface area contributed by atoms with Crippen LogP contribution in [-0.4, -0.2) is 30.4 Å². The molecular weight excluding hydrogens is 346 g/mol. The zero-order valence-corrected chi connectivity index (χ0v) is 15.7. The van der Waals surface area contributed by atoms with E-state index in [1.54, 1.807) is 0 Å². The van der Waals surface area contributed by atoms with E-state index in [1.165, 1.54) is 5.56 Å². The Morgan fingerprint density at radius 3 is 2.46 bits per heavy atom. The Kier molecular flexibility index (Phi) is 6.67. The van der Waals surface area contributed by atoms with Crippen LogP contribution in [0.3, 0.4) is 0 Å². The quantitative estimate of drug-likeness (QED) is 0.817. The minimum absolute atomic E-state index is 0.00734. The predicted molar refractivity (Wildman–Crippen MR) is 106 cm³/mol. The van der Waals surface area contributed by atoms with E-state index in [-0.39, 0.29) is 5.91 Å². The predicted octanol–water partition coefficient (Wildman–Crippen LogP) is 3.44. The molecule has 0 spiro atoms. The first-order valence-corrected chi connectivity index (χ1v) is 9.56. The molecule has 1 heterocycles. The summed E-state index contributed by atoms with van der Waals surface area (Å²) in [5, 5.41) is 3.91. The summed E-state index contributed by atoms with van der Waals surface area (Å²) >= 11 is 6.25. The third-order valence-electron chi connectivity index (χ3n) is 5.06. The molecule has 0 radical (unpaired) electrons. The molecule has 0 aromatic heterocycles. The van der Waals surface area contributed by atoms with Crippen molar-refractivity contribution in [1.82, 2.24) is 10.2 Å². The van der Waals surface area contributed by atoms with Gasteiger partial charge in [0.1, 0.15) is 0 Å². The summed E-state index contributed by atoms with van der Waals surface area (Å²) in [6.07, 6.45) is 2.19. The summed E-state index contributed by atoms with van der Waals surface area (Å²) in [7, 11) is 0. The van der Waals surface area contributed by atoms with Gasteiger partial charge in [-0.25, -0.2) is 0 Å². The van der Waals surface area contributed by atoms with Gasteiger partial charge >= 0.3 is 0 Å². The fourth-order valence-corrected chi connectivity index (χ4v) is 3.54.